The second-order valence-corrected chi connectivity index (χ2v) is 10.0. The summed E-state index contributed by atoms with van der Waals surface area (Å²) < 4.78 is 42.5. The average Bonchev–Trinajstić information content (AvgIpc) is 3.09. The van der Waals surface area contributed by atoms with Gasteiger partial charge in [0.05, 0.1) is 16.2 Å². The highest BCUT2D eigenvalue weighted by atomic mass is 35.5. The summed E-state index contributed by atoms with van der Waals surface area (Å²) in [7, 11) is -2.24. The van der Waals surface area contributed by atoms with E-state index in [1.54, 1.807) is 37.5 Å². The van der Waals surface area contributed by atoms with Gasteiger partial charge in [0.2, 0.25) is 0 Å². The highest BCUT2D eigenvalue weighted by Gasteiger charge is 2.24. The molecule has 0 amide bonds. The van der Waals surface area contributed by atoms with E-state index in [0.29, 0.717) is 28.5 Å². The number of benzene rings is 3. The number of aromatic nitrogens is 1. The Hall–Kier alpha value is -2.58. The molecule has 0 radical (unpaired) electrons. The number of nitrogens with zero attached hydrogens (tertiary/aromatic N) is 1. The van der Waals surface area contributed by atoms with Gasteiger partial charge < -0.3 is 10.6 Å². The highest BCUT2D eigenvalue weighted by Crippen LogP contribution is 2.33. The summed E-state index contributed by atoms with van der Waals surface area (Å²) in [6, 6.07) is 14.4. The van der Waals surface area contributed by atoms with E-state index in [1.165, 1.54) is 28.2 Å². The molecular formula is C23H20Cl2FN3O2S. The van der Waals surface area contributed by atoms with Crippen molar-refractivity contribution < 1.29 is 12.8 Å². The molecule has 5 nitrogen and oxygen atoms in total. The maximum atomic E-state index is 14.3. The van der Waals surface area contributed by atoms with Crippen LogP contribution in [-0.4, -0.2) is 19.4 Å². The lowest BCUT2D eigenvalue weighted by atomic mass is 10.1. The van der Waals surface area contributed by atoms with Gasteiger partial charge in [-0.25, -0.2) is 16.8 Å². The predicted molar refractivity (Wildman–Crippen MR) is 128 cm³/mol. The lowest BCUT2D eigenvalue weighted by Crippen LogP contribution is -2.13. The third-order valence-electron chi connectivity index (χ3n) is 5.06. The standard InChI is InChI=1S/C23H20Cl2FN3O2S/c1-14-3-7-21(20(26)9-14)28-17-5-6-18-15(12-27-2)13-29(22(18)11-17)32(30,31)23-8-4-16(24)10-19(23)25/h3-11,13,27-28H,12H2,1-2H3. The molecule has 0 unspecified atom stereocenters. The van der Waals surface area contributed by atoms with Crippen LogP contribution in [0.15, 0.2) is 65.7 Å². The molecule has 0 spiro atoms. The Morgan fingerprint density at radius 2 is 1.81 bits per heavy atom. The van der Waals surface area contributed by atoms with Crippen LogP contribution in [0.4, 0.5) is 15.8 Å². The molecule has 0 aliphatic carbocycles. The van der Waals surface area contributed by atoms with Gasteiger partial charge in [0.1, 0.15) is 10.7 Å². The van der Waals surface area contributed by atoms with Crippen molar-refractivity contribution in [1.29, 1.82) is 0 Å². The second kappa shape index (κ2) is 8.75. The largest absolute Gasteiger partial charge is 0.353 e. The number of rotatable bonds is 6. The Morgan fingerprint density at radius 1 is 1.03 bits per heavy atom. The van der Waals surface area contributed by atoms with E-state index in [9.17, 15) is 12.8 Å². The number of fused-ring (bicyclic) bond motifs is 1. The van der Waals surface area contributed by atoms with Gasteiger partial charge in [-0.05, 0) is 67.6 Å². The minimum Gasteiger partial charge on any atom is -0.353 e. The minimum atomic E-state index is -4.02. The third-order valence-corrected chi connectivity index (χ3v) is 7.45. The molecule has 0 bridgehead atoms. The van der Waals surface area contributed by atoms with Crippen LogP contribution in [0.2, 0.25) is 10.0 Å². The number of anilines is 2. The van der Waals surface area contributed by atoms with Gasteiger partial charge in [0, 0.05) is 28.8 Å². The molecule has 0 fully saturated rings. The third kappa shape index (κ3) is 4.21. The van der Waals surface area contributed by atoms with Gasteiger partial charge in [-0.1, -0.05) is 35.3 Å². The topological polar surface area (TPSA) is 63.1 Å². The van der Waals surface area contributed by atoms with Gasteiger partial charge >= 0.3 is 0 Å². The summed E-state index contributed by atoms with van der Waals surface area (Å²) in [4.78, 5) is -0.0561. The Balaban J connectivity index is 1.87. The molecule has 3 aromatic carbocycles. The lowest BCUT2D eigenvalue weighted by molar-refractivity contribution is 0.589. The van der Waals surface area contributed by atoms with Crippen molar-refractivity contribution in [2.24, 2.45) is 0 Å². The average molecular weight is 492 g/mol. The Kier molecular flexibility index (Phi) is 6.18. The van der Waals surface area contributed by atoms with Crippen LogP contribution >= 0.6 is 23.2 Å². The molecule has 0 saturated heterocycles. The summed E-state index contributed by atoms with van der Waals surface area (Å²) in [5.74, 6) is -0.392. The maximum Gasteiger partial charge on any atom is 0.269 e. The highest BCUT2D eigenvalue weighted by molar-refractivity contribution is 7.90. The zero-order valence-electron chi connectivity index (χ0n) is 17.3. The first-order valence-corrected chi connectivity index (χ1v) is 11.9. The number of nitrogens with one attached hydrogen (secondary N) is 2. The van der Waals surface area contributed by atoms with E-state index in [0.717, 1.165) is 16.5 Å². The first-order chi connectivity index (χ1) is 15.2. The van der Waals surface area contributed by atoms with E-state index < -0.39 is 15.8 Å². The fourth-order valence-corrected chi connectivity index (χ4v) is 5.68. The molecule has 166 valence electrons. The molecule has 1 aromatic heterocycles. The molecule has 2 N–H and O–H groups in total. The van der Waals surface area contributed by atoms with E-state index in [1.807, 2.05) is 13.0 Å². The van der Waals surface area contributed by atoms with Gasteiger partial charge in [0.15, 0.2) is 0 Å². The van der Waals surface area contributed by atoms with Crippen molar-refractivity contribution in [2.75, 3.05) is 12.4 Å². The van der Waals surface area contributed by atoms with Crippen LogP contribution in [-0.2, 0) is 16.6 Å². The van der Waals surface area contributed by atoms with Crippen molar-refractivity contribution in [3.63, 3.8) is 0 Å². The molecule has 4 rings (SSSR count). The SMILES string of the molecule is CNCc1cn(S(=O)(=O)c2ccc(Cl)cc2Cl)c2cc(Nc3ccc(C)cc3F)ccc12. The van der Waals surface area contributed by atoms with E-state index in [2.05, 4.69) is 10.6 Å². The van der Waals surface area contributed by atoms with Crippen LogP contribution < -0.4 is 10.6 Å². The summed E-state index contributed by atoms with van der Waals surface area (Å²) in [6.07, 6.45) is 1.57. The van der Waals surface area contributed by atoms with Crippen molar-refractivity contribution in [2.45, 2.75) is 18.4 Å². The number of hydrogen-bond donors (Lipinski definition) is 2. The van der Waals surface area contributed by atoms with Crippen LogP contribution in [0, 0.1) is 12.7 Å². The quantitative estimate of drug-likeness (QED) is 0.342. The van der Waals surface area contributed by atoms with E-state index in [-0.39, 0.29) is 9.92 Å². The molecule has 1 heterocycles. The summed E-state index contributed by atoms with van der Waals surface area (Å²) in [5, 5.41) is 7.20. The minimum absolute atomic E-state index is 0.0329. The predicted octanol–water partition coefficient (Wildman–Crippen LogP) is 6.10. The summed E-state index contributed by atoms with van der Waals surface area (Å²) in [6.45, 7) is 2.27. The molecule has 32 heavy (non-hydrogen) atoms. The first-order valence-electron chi connectivity index (χ1n) is 9.73. The van der Waals surface area contributed by atoms with Crippen LogP contribution in [0.25, 0.3) is 10.9 Å². The normalized spacial score (nSPS) is 11.8. The van der Waals surface area contributed by atoms with Crippen molar-refractivity contribution in [3.8, 4) is 0 Å². The fourth-order valence-electron chi connectivity index (χ4n) is 3.54. The smallest absolute Gasteiger partial charge is 0.269 e. The summed E-state index contributed by atoms with van der Waals surface area (Å²) >= 11 is 12.1. The zero-order valence-corrected chi connectivity index (χ0v) is 19.6. The Morgan fingerprint density at radius 3 is 2.50 bits per heavy atom. The Bertz CT molecular complexity index is 1430. The monoisotopic (exact) mass is 491 g/mol. The number of halogens is 3. The van der Waals surface area contributed by atoms with E-state index >= 15 is 0 Å². The van der Waals surface area contributed by atoms with Gasteiger partial charge in [-0.15, -0.1) is 0 Å². The molecular weight excluding hydrogens is 472 g/mol. The number of hydrogen-bond acceptors (Lipinski definition) is 4. The van der Waals surface area contributed by atoms with Gasteiger partial charge in [-0.2, -0.15) is 0 Å². The van der Waals surface area contributed by atoms with Crippen molar-refractivity contribution in [1.82, 2.24) is 9.29 Å². The van der Waals surface area contributed by atoms with Crippen LogP contribution in [0.1, 0.15) is 11.1 Å². The fraction of sp³-hybridized carbons (Fsp3) is 0.130. The molecule has 0 atom stereocenters. The zero-order chi connectivity index (χ0) is 23.0. The molecule has 4 aromatic rings. The van der Waals surface area contributed by atoms with Crippen molar-refractivity contribution in [3.05, 3.63) is 87.8 Å². The summed E-state index contributed by atoms with van der Waals surface area (Å²) in [5.41, 5.74) is 2.89. The van der Waals surface area contributed by atoms with Gasteiger partial charge in [0.25, 0.3) is 10.0 Å². The first kappa shape index (κ1) is 22.6. The van der Waals surface area contributed by atoms with Gasteiger partial charge in [-0.3, -0.25) is 0 Å². The van der Waals surface area contributed by atoms with E-state index in [4.69, 9.17) is 23.2 Å². The second-order valence-electron chi connectivity index (χ2n) is 7.40. The molecule has 0 aliphatic heterocycles. The van der Waals surface area contributed by atoms with Crippen LogP contribution in [0.3, 0.4) is 0 Å². The molecule has 9 heteroatoms. The lowest BCUT2D eigenvalue weighted by Gasteiger charge is -2.12. The molecule has 0 aliphatic rings. The molecule has 0 saturated carbocycles. The van der Waals surface area contributed by atoms with Crippen LogP contribution in [0.5, 0.6) is 0 Å². The van der Waals surface area contributed by atoms with Crippen molar-refractivity contribution >= 4 is 55.5 Å². The maximum absolute atomic E-state index is 14.3. The Labute approximate surface area is 195 Å². The number of aryl methyl sites for hydroxylation is 1.